The highest BCUT2D eigenvalue weighted by Crippen LogP contribution is 2.53. The number of hydrogen-bond acceptors (Lipinski definition) is 4. The smallest absolute Gasteiger partial charge is 0.0550 e. The van der Waals surface area contributed by atoms with Crippen molar-refractivity contribution < 1.29 is 0 Å². The highest BCUT2D eigenvalue weighted by Gasteiger charge is 2.37. The van der Waals surface area contributed by atoms with Gasteiger partial charge in [0.25, 0.3) is 0 Å². The first-order valence-electron chi connectivity index (χ1n) is 21.1. The summed E-state index contributed by atoms with van der Waals surface area (Å²) >= 11 is 0. The van der Waals surface area contributed by atoms with Gasteiger partial charge in [0, 0.05) is 34.1 Å². The third-order valence-corrected chi connectivity index (χ3v) is 11.0. The molecule has 0 amide bonds. The van der Waals surface area contributed by atoms with Crippen LogP contribution in [0.25, 0.3) is 5.70 Å². The molecule has 8 rings (SSSR count). The van der Waals surface area contributed by atoms with Gasteiger partial charge in [0.1, 0.15) is 0 Å². The number of nitrogens with two attached hydrogens (primary N) is 1. The van der Waals surface area contributed by atoms with E-state index in [2.05, 4.69) is 208 Å². The molecule has 0 fully saturated rings. The van der Waals surface area contributed by atoms with E-state index >= 15 is 0 Å². The van der Waals surface area contributed by atoms with Crippen molar-refractivity contribution in [2.45, 2.75) is 59.3 Å². The number of fused-ring (bicyclic) bond motifs is 4. The third-order valence-electron chi connectivity index (χ3n) is 11.0. The zero-order valence-electron chi connectivity index (χ0n) is 37.1. The van der Waals surface area contributed by atoms with Gasteiger partial charge in [-0.05, 0) is 95.4 Å². The van der Waals surface area contributed by atoms with Gasteiger partial charge in [-0.1, -0.05) is 189 Å². The molecule has 4 heteroatoms. The van der Waals surface area contributed by atoms with Crippen LogP contribution in [0.3, 0.4) is 0 Å². The summed E-state index contributed by atoms with van der Waals surface area (Å²) in [5.41, 5.74) is 21.4. The maximum Gasteiger partial charge on any atom is 0.0550 e. The molecule has 2 heterocycles. The lowest BCUT2D eigenvalue weighted by molar-refractivity contribution is 0.632. The Bertz CT molecular complexity index is 2390. The van der Waals surface area contributed by atoms with Crippen molar-refractivity contribution in [3.8, 4) is 0 Å². The molecule has 6 aromatic carbocycles. The number of nitrogens with zero attached hydrogens (tertiary/aromatic N) is 2. The Morgan fingerprint density at radius 1 is 0.492 bits per heavy atom. The number of anilines is 7. The molecule has 0 aliphatic carbocycles. The summed E-state index contributed by atoms with van der Waals surface area (Å²) in [7, 11) is 0. The van der Waals surface area contributed by atoms with Gasteiger partial charge in [-0.15, -0.1) is 0 Å². The van der Waals surface area contributed by atoms with Crippen LogP contribution < -0.4 is 20.9 Å². The number of allylic oxidation sites excluding steroid dienone is 7. The van der Waals surface area contributed by atoms with E-state index in [9.17, 15) is 0 Å². The van der Waals surface area contributed by atoms with Crippen molar-refractivity contribution in [2.75, 3.05) is 15.1 Å². The summed E-state index contributed by atoms with van der Waals surface area (Å²) in [5, 5.41) is 3.42. The van der Waals surface area contributed by atoms with Gasteiger partial charge in [0.05, 0.1) is 28.4 Å². The molecule has 0 unspecified atom stereocenters. The number of rotatable bonds is 8. The fourth-order valence-electron chi connectivity index (χ4n) is 7.94. The molecule has 4 nitrogen and oxygen atoms in total. The van der Waals surface area contributed by atoms with E-state index in [0.717, 1.165) is 22.6 Å². The van der Waals surface area contributed by atoms with E-state index in [-0.39, 0.29) is 10.8 Å². The zero-order valence-corrected chi connectivity index (χ0v) is 37.1. The van der Waals surface area contributed by atoms with Crippen LogP contribution in [0, 0.1) is 0 Å². The predicted molar refractivity (Wildman–Crippen MR) is 268 cm³/mol. The fraction of sp³-hybridized carbons (Fsp3) is 0.158. The lowest BCUT2D eigenvalue weighted by Gasteiger charge is -2.42. The van der Waals surface area contributed by atoms with Gasteiger partial charge >= 0.3 is 0 Å². The number of benzene rings is 6. The summed E-state index contributed by atoms with van der Waals surface area (Å²) in [6.07, 6.45) is 14.5. The molecular formula is C57H62N4. The first kappa shape index (κ1) is 45.1. The van der Waals surface area contributed by atoms with E-state index < -0.39 is 0 Å². The second-order valence-corrected chi connectivity index (χ2v) is 15.4. The number of nitrogens with one attached hydrogen (secondary N) is 1. The quantitative estimate of drug-likeness (QED) is 0.150. The molecule has 6 aromatic rings. The normalized spacial score (nSPS) is 13.9. The Hall–Kier alpha value is -7.04. The van der Waals surface area contributed by atoms with Crippen molar-refractivity contribution in [1.29, 1.82) is 0 Å². The molecule has 2 aliphatic heterocycles. The van der Waals surface area contributed by atoms with Gasteiger partial charge in [-0.3, -0.25) is 0 Å². The van der Waals surface area contributed by atoms with E-state index in [1.165, 1.54) is 45.0 Å². The molecule has 310 valence electrons. The van der Waals surface area contributed by atoms with Crippen LogP contribution in [-0.2, 0) is 10.8 Å². The molecule has 3 N–H and O–H groups in total. The maximum atomic E-state index is 6.62. The lowest BCUT2D eigenvalue weighted by atomic mass is 9.73. The monoisotopic (exact) mass is 802 g/mol. The number of hydrogen-bond donors (Lipinski definition) is 2. The van der Waals surface area contributed by atoms with Crippen molar-refractivity contribution in [3.63, 3.8) is 0 Å². The van der Waals surface area contributed by atoms with Crippen LogP contribution in [0.15, 0.2) is 214 Å². The van der Waals surface area contributed by atoms with E-state index in [4.69, 9.17) is 5.73 Å². The molecule has 0 spiro atoms. The van der Waals surface area contributed by atoms with Crippen LogP contribution in [0.5, 0.6) is 0 Å². The van der Waals surface area contributed by atoms with Crippen LogP contribution in [0.2, 0.25) is 0 Å². The molecule has 0 bridgehead atoms. The van der Waals surface area contributed by atoms with E-state index in [1.54, 1.807) is 18.2 Å². The van der Waals surface area contributed by atoms with E-state index in [0.29, 0.717) is 5.70 Å². The van der Waals surface area contributed by atoms with Gasteiger partial charge in [0.2, 0.25) is 0 Å². The molecular weight excluding hydrogens is 741 g/mol. The second-order valence-electron chi connectivity index (χ2n) is 15.4. The average molecular weight is 803 g/mol. The topological polar surface area (TPSA) is 44.5 Å². The fourth-order valence-corrected chi connectivity index (χ4v) is 7.94. The van der Waals surface area contributed by atoms with Crippen LogP contribution in [0.1, 0.15) is 76.3 Å². The predicted octanol–water partition coefficient (Wildman–Crippen LogP) is 16.0. The van der Waals surface area contributed by atoms with Crippen molar-refractivity contribution in [1.82, 2.24) is 0 Å². The third kappa shape index (κ3) is 9.72. The summed E-state index contributed by atoms with van der Waals surface area (Å²) < 4.78 is 0. The molecule has 0 saturated heterocycles. The number of para-hydroxylation sites is 4. The van der Waals surface area contributed by atoms with Gasteiger partial charge in [0.15, 0.2) is 0 Å². The van der Waals surface area contributed by atoms with Gasteiger partial charge in [-0.25, -0.2) is 0 Å². The Kier molecular flexibility index (Phi) is 15.3. The highest BCUT2D eigenvalue weighted by molar-refractivity contribution is 5.87. The van der Waals surface area contributed by atoms with Crippen molar-refractivity contribution in [3.05, 3.63) is 242 Å². The lowest BCUT2D eigenvalue weighted by Crippen LogP contribution is -2.30. The van der Waals surface area contributed by atoms with E-state index in [1.807, 2.05) is 51.3 Å². The zero-order chi connectivity index (χ0) is 44.0. The SMILES string of the molecule is C=C/C=C\C.C=C/C=C\C=C.CC.CC1(C)c2ccccc2N(c2ccc(N/C=C(\N)c3ccc(N4c5ccccc5C(C)(C)c5ccccc54)cc3)cc2)c2ccccc21. The first-order valence-corrected chi connectivity index (χ1v) is 21.1. The van der Waals surface area contributed by atoms with Crippen molar-refractivity contribution in [2.24, 2.45) is 5.73 Å². The largest absolute Gasteiger partial charge is 0.397 e. The Morgan fingerprint density at radius 2 is 0.820 bits per heavy atom. The molecule has 0 saturated carbocycles. The molecule has 0 aromatic heterocycles. The summed E-state index contributed by atoms with van der Waals surface area (Å²) in [4.78, 5) is 4.73. The van der Waals surface area contributed by atoms with Crippen LogP contribution in [-0.4, -0.2) is 0 Å². The average Bonchev–Trinajstić information content (AvgIpc) is 3.30. The van der Waals surface area contributed by atoms with Crippen LogP contribution >= 0.6 is 0 Å². The molecule has 0 atom stereocenters. The summed E-state index contributed by atoms with van der Waals surface area (Å²) in [6.45, 7) is 25.6. The maximum absolute atomic E-state index is 6.62. The Morgan fingerprint density at radius 3 is 1.13 bits per heavy atom. The molecule has 2 aliphatic rings. The van der Waals surface area contributed by atoms with Gasteiger partial charge in [-0.2, -0.15) is 0 Å². The minimum atomic E-state index is -0.0830. The standard InChI is InChI=1S/C44H40N4.C6H8.C5H8.C2H6/c1-43(2)34-13-5-9-17-39(34)47(40-18-10-6-14-35(40)43)32-25-21-30(22-26-32)38(45)29-46-31-23-27-33(28-24-31)48-41-19-11-7-15-36(41)44(3,4)37-16-8-12-20-42(37)48;1-3-5-6-4-2;1-3-5-4-2;1-2/h5-29,46H,45H2,1-4H3;3-6H,1-2H2;3-5H,1H2,2H3;1-2H3/b38-29-;6-5-;5-4-;. The Labute approximate surface area is 366 Å². The Balaban J connectivity index is 0.000000478. The molecule has 0 radical (unpaired) electrons. The first-order chi connectivity index (χ1) is 29.6. The van der Waals surface area contributed by atoms with Crippen molar-refractivity contribution >= 4 is 45.5 Å². The van der Waals surface area contributed by atoms with Crippen LogP contribution in [0.4, 0.5) is 39.8 Å². The minimum absolute atomic E-state index is 0.0780. The highest BCUT2D eigenvalue weighted by atomic mass is 15.2. The minimum Gasteiger partial charge on any atom is -0.397 e. The van der Waals surface area contributed by atoms with Gasteiger partial charge < -0.3 is 20.9 Å². The second kappa shape index (κ2) is 20.8. The summed E-state index contributed by atoms with van der Waals surface area (Å²) in [6, 6.07) is 52.0. The molecule has 61 heavy (non-hydrogen) atoms. The summed E-state index contributed by atoms with van der Waals surface area (Å²) in [5.74, 6) is 0.